The van der Waals surface area contributed by atoms with Gasteiger partial charge in [-0.2, -0.15) is 0 Å². The van der Waals surface area contributed by atoms with Crippen LogP contribution in [0.15, 0.2) is 6.07 Å². The normalized spacial score (nSPS) is 13.7. The zero-order valence-corrected chi connectivity index (χ0v) is 12.4. The Morgan fingerprint density at radius 2 is 2.11 bits per heavy atom. The van der Waals surface area contributed by atoms with E-state index in [1.165, 1.54) is 7.11 Å². The summed E-state index contributed by atoms with van der Waals surface area (Å²) >= 11 is 0. The second-order valence-corrected chi connectivity index (χ2v) is 4.84. The van der Waals surface area contributed by atoms with Crippen LogP contribution in [0.2, 0.25) is 0 Å². The highest BCUT2D eigenvalue weighted by Gasteiger charge is 2.33. The van der Waals surface area contributed by atoms with Gasteiger partial charge in [-0.1, -0.05) is 20.3 Å². The summed E-state index contributed by atoms with van der Waals surface area (Å²) in [6.45, 7) is 7.76. The second-order valence-electron chi connectivity index (χ2n) is 4.84. The summed E-state index contributed by atoms with van der Waals surface area (Å²) in [5.74, 6) is 1.10. The molecule has 0 radical (unpaired) electrons. The number of hydrogen-bond donors (Lipinski definition) is 1. The lowest BCUT2D eigenvalue weighted by Gasteiger charge is -2.28. The van der Waals surface area contributed by atoms with Crippen molar-refractivity contribution >= 4 is 11.8 Å². The number of rotatable bonds is 6. The molecule has 0 amide bonds. The van der Waals surface area contributed by atoms with Crippen molar-refractivity contribution in [2.24, 2.45) is 0 Å². The van der Waals surface area contributed by atoms with Gasteiger partial charge < -0.3 is 10.1 Å². The predicted molar refractivity (Wildman–Crippen MR) is 75.1 cm³/mol. The van der Waals surface area contributed by atoms with Crippen LogP contribution in [0.25, 0.3) is 0 Å². The van der Waals surface area contributed by atoms with E-state index >= 15 is 0 Å². The number of carbonyl (C=O) groups excluding carboxylic acids is 1. The molecule has 1 aromatic rings. The highest BCUT2D eigenvalue weighted by atomic mass is 16.5. The standard InChI is InChI=1S/C14H23N3O2/c1-6-8-14(4,13(18)19-5)17-12-9-11(7-2)15-10(3)16-12/h9H,6-8H2,1-5H3,(H,15,16,17). The third-order valence-corrected chi connectivity index (χ3v) is 3.04. The third kappa shape index (κ3) is 3.91. The summed E-state index contributed by atoms with van der Waals surface area (Å²) < 4.78 is 4.88. The topological polar surface area (TPSA) is 64.1 Å². The van der Waals surface area contributed by atoms with Crippen molar-refractivity contribution in [2.45, 2.75) is 52.5 Å². The Kier molecular flexibility index (Phi) is 5.27. The van der Waals surface area contributed by atoms with Crippen LogP contribution < -0.4 is 5.32 Å². The third-order valence-electron chi connectivity index (χ3n) is 3.04. The van der Waals surface area contributed by atoms with Crippen LogP contribution >= 0.6 is 0 Å². The minimum Gasteiger partial charge on any atom is -0.467 e. The monoisotopic (exact) mass is 265 g/mol. The molecule has 1 atom stereocenters. The van der Waals surface area contributed by atoms with Gasteiger partial charge in [0.05, 0.1) is 7.11 Å². The first-order chi connectivity index (χ1) is 8.95. The highest BCUT2D eigenvalue weighted by Crippen LogP contribution is 2.21. The van der Waals surface area contributed by atoms with Crippen LogP contribution in [0.5, 0.6) is 0 Å². The highest BCUT2D eigenvalue weighted by molar-refractivity contribution is 5.83. The molecule has 1 rings (SSSR count). The predicted octanol–water partition coefficient (Wildman–Crippen LogP) is 2.49. The minimum absolute atomic E-state index is 0.274. The van der Waals surface area contributed by atoms with Gasteiger partial charge >= 0.3 is 5.97 Å². The van der Waals surface area contributed by atoms with E-state index in [1.54, 1.807) is 0 Å². The first kappa shape index (κ1) is 15.4. The molecule has 106 valence electrons. The second kappa shape index (κ2) is 6.50. The first-order valence-electron chi connectivity index (χ1n) is 6.66. The van der Waals surface area contributed by atoms with Crippen molar-refractivity contribution in [1.82, 2.24) is 9.97 Å². The van der Waals surface area contributed by atoms with Crippen molar-refractivity contribution in [3.8, 4) is 0 Å². The summed E-state index contributed by atoms with van der Waals surface area (Å²) in [7, 11) is 1.40. The van der Waals surface area contributed by atoms with E-state index in [9.17, 15) is 4.79 Å². The number of hydrogen-bond acceptors (Lipinski definition) is 5. The summed E-state index contributed by atoms with van der Waals surface area (Å²) in [4.78, 5) is 20.6. The maximum absolute atomic E-state index is 11.9. The molecule has 0 saturated heterocycles. The lowest BCUT2D eigenvalue weighted by molar-refractivity contribution is -0.145. The minimum atomic E-state index is -0.755. The molecule has 0 fully saturated rings. The zero-order valence-electron chi connectivity index (χ0n) is 12.4. The van der Waals surface area contributed by atoms with Crippen LogP contribution in [-0.4, -0.2) is 28.6 Å². The smallest absolute Gasteiger partial charge is 0.331 e. The van der Waals surface area contributed by atoms with Gasteiger partial charge in [0.25, 0.3) is 0 Å². The fourth-order valence-corrected chi connectivity index (χ4v) is 2.10. The number of carbonyl (C=O) groups is 1. The lowest BCUT2D eigenvalue weighted by Crippen LogP contribution is -2.44. The summed E-state index contributed by atoms with van der Waals surface area (Å²) in [5, 5.41) is 3.20. The van der Waals surface area contributed by atoms with E-state index in [0.717, 1.165) is 18.5 Å². The van der Waals surface area contributed by atoms with Crippen molar-refractivity contribution in [3.05, 3.63) is 17.6 Å². The number of ether oxygens (including phenoxy) is 1. The Hall–Kier alpha value is -1.65. The van der Waals surface area contributed by atoms with E-state index < -0.39 is 5.54 Å². The van der Waals surface area contributed by atoms with Crippen LogP contribution in [0, 0.1) is 6.92 Å². The van der Waals surface area contributed by atoms with Gasteiger partial charge in [0, 0.05) is 11.8 Å². The maximum atomic E-state index is 11.9. The average Bonchev–Trinajstić information content (AvgIpc) is 2.37. The van der Waals surface area contributed by atoms with Crippen molar-refractivity contribution in [3.63, 3.8) is 0 Å². The number of aryl methyl sites for hydroxylation is 2. The number of methoxy groups -OCH3 is 1. The Morgan fingerprint density at radius 1 is 1.42 bits per heavy atom. The van der Waals surface area contributed by atoms with Gasteiger partial charge in [-0.25, -0.2) is 14.8 Å². The van der Waals surface area contributed by atoms with Gasteiger partial charge in [0.15, 0.2) is 0 Å². The van der Waals surface area contributed by atoms with Crippen molar-refractivity contribution in [1.29, 1.82) is 0 Å². The van der Waals surface area contributed by atoms with E-state index in [1.807, 2.05) is 33.8 Å². The molecule has 0 aliphatic carbocycles. The van der Waals surface area contributed by atoms with E-state index in [2.05, 4.69) is 15.3 Å². The average molecular weight is 265 g/mol. The molecule has 0 aromatic carbocycles. The summed E-state index contributed by atoms with van der Waals surface area (Å²) in [6, 6.07) is 1.88. The van der Waals surface area contributed by atoms with Crippen LogP contribution in [0.3, 0.4) is 0 Å². The molecule has 1 unspecified atom stereocenters. The number of anilines is 1. The number of nitrogens with one attached hydrogen (secondary N) is 1. The molecule has 0 aliphatic rings. The molecule has 1 N–H and O–H groups in total. The fraction of sp³-hybridized carbons (Fsp3) is 0.643. The van der Waals surface area contributed by atoms with E-state index in [-0.39, 0.29) is 5.97 Å². The van der Waals surface area contributed by atoms with Gasteiger partial charge in [0.2, 0.25) is 0 Å². The van der Waals surface area contributed by atoms with E-state index in [4.69, 9.17) is 4.74 Å². The quantitative estimate of drug-likeness (QED) is 0.801. The molecule has 5 nitrogen and oxygen atoms in total. The Balaban J connectivity index is 3.02. The molecule has 0 bridgehead atoms. The molecular weight excluding hydrogens is 242 g/mol. The largest absolute Gasteiger partial charge is 0.467 e. The first-order valence-corrected chi connectivity index (χ1v) is 6.66. The summed E-state index contributed by atoms with van der Waals surface area (Å²) in [6.07, 6.45) is 2.40. The van der Waals surface area contributed by atoms with Crippen molar-refractivity contribution < 1.29 is 9.53 Å². The molecule has 1 aromatic heterocycles. The lowest BCUT2D eigenvalue weighted by atomic mass is 9.96. The SMILES string of the molecule is CCCC(C)(Nc1cc(CC)nc(C)n1)C(=O)OC. The Labute approximate surface area is 114 Å². The zero-order chi connectivity index (χ0) is 14.5. The van der Waals surface area contributed by atoms with Gasteiger partial charge in [-0.05, 0) is 26.7 Å². The maximum Gasteiger partial charge on any atom is 0.331 e. The number of nitrogens with zero attached hydrogens (tertiary/aromatic N) is 2. The Bertz CT molecular complexity index is 448. The molecule has 5 heteroatoms. The number of esters is 1. The molecule has 0 saturated carbocycles. The summed E-state index contributed by atoms with van der Waals surface area (Å²) in [5.41, 5.74) is 0.202. The molecule has 0 spiro atoms. The Morgan fingerprint density at radius 3 is 2.63 bits per heavy atom. The van der Waals surface area contributed by atoms with Crippen LogP contribution in [-0.2, 0) is 16.0 Å². The molecule has 0 aliphatic heterocycles. The van der Waals surface area contributed by atoms with Crippen LogP contribution in [0.4, 0.5) is 5.82 Å². The fourth-order valence-electron chi connectivity index (χ4n) is 2.10. The van der Waals surface area contributed by atoms with Gasteiger partial charge in [0.1, 0.15) is 17.2 Å². The number of aromatic nitrogens is 2. The van der Waals surface area contributed by atoms with Crippen molar-refractivity contribution in [2.75, 3.05) is 12.4 Å². The van der Waals surface area contributed by atoms with E-state index in [0.29, 0.717) is 18.1 Å². The molecule has 1 heterocycles. The van der Waals surface area contributed by atoms with Crippen LogP contribution in [0.1, 0.15) is 45.1 Å². The molecule has 19 heavy (non-hydrogen) atoms. The van der Waals surface area contributed by atoms with Gasteiger partial charge in [-0.3, -0.25) is 0 Å². The van der Waals surface area contributed by atoms with Gasteiger partial charge in [-0.15, -0.1) is 0 Å². The molecular formula is C14H23N3O2.